The summed E-state index contributed by atoms with van der Waals surface area (Å²) in [4.78, 5) is 26.0. The molecule has 1 amide bonds. The molecule has 0 bridgehead atoms. The van der Waals surface area contributed by atoms with Crippen LogP contribution in [0.1, 0.15) is 252 Å². The van der Waals surface area contributed by atoms with Crippen LogP contribution >= 0.6 is 0 Å². The lowest BCUT2D eigenvalue weighted by atomic mass is 10.0. The number of aliphatic hydroxyl groups is 2. The molecule has 0 saturated heterocycles. The average Bonchev–Trinajstić information content (AvgIpc) is 3.18. The first kappa shape index (κ1) is 53.3. The number of hydrogen-bond acceptors (Lipinski definition) is 5. The van der Waals surface area contributed by atoms with Gasteiger partial charge in [0, 0.05) is 6.42 Å². The molecule has 3 N–H and O–H groups in total. The first-order chi connectivity index (χ1) is 27.0. The van der Waals surface area contributed by atoms with E-state index in [-0.39, 0.29) is 24.9 Å². The minimum atomic E-state index is -0.786. The average molecular weight is 776 g/mol. The summed E-state index contributed by atoms with van der Waals surface area (Å²) in [5, 5.41) is 23.6. The van der Waals surface area contributed by atoms with Crippen LogP contribution in [-0.2, 0) is 14.3 Å². The Morgan fingerprint density at radius 1 is 0.527 bits per heavy atom. The van der Waals surface area contributed by atoms with Crippen molar-refractivity contribution in [1.29, 1.82) is 0 Å². The van der Waals surface area contributed by atoms with Gasteiger partial charge in [-0.2, -0.15) is 0 Å². The minimum Gasteiger partial charge on any atom is -0.462 e. The van der Waals surface area contributed by atoms with E-state index in [1.165, 1.54) is 141 Å². The zero-order valence-electron chi connectivity index (χ0n) is 36.8. The van der Waals surface area contributed by atoms with E-state index in [1.54, 1.807) is 0 Å². The summed E-state index contributed by atoms with van der Waals surface area (Å²) in [5.74, 6) is -0.498. The molecule has 55 heavy (non-hydrogen) atoms. The Bertz CT molecular complexity index is 873. The van der Waals surface area contributed by atoms with Gasteiger partial charge in [0.25, 0.3) is 0 Å². The van der Waals surface area contributed by atoms with Gasteiger partial charge in [-0.05, 0) is 51.4 Å². The number of esters is 1. The van der Waals surface area contributed by atoms with E-state index >= 15 is 0 Å². The lowest BCUT2D eigenvalue weighted by Gasteiger charge is -2.24. The van der Waals surface area contributed by atoms with Crippen LogP contribution in [-0.4, -0.2) is 46.9 Å². The number of rotatable bonds is 43. The summed E-state index contributed by atoms with van der Waals surface area (Å²) in [7, 11) is 0. The van der Waals surface area contributed by atoms with Crippen molar-refractivity contribution in [1.82, 2.24) is 5.32 Å². The second-order valence-corrected chi connectivity index (χ2v) is 16.5. The van der Waals surface area contributed by atoms with Gasteiger partial charge < -0.3 is 20.3 Å². The highest BCUT2D eigenvalue weighted by Crippen LogP contribution is 2.17. The highest BCUT2D eigenvalue weighted by Gasteiger charge is 2.24. The maximum atomic E-state index is 13.1. The van der Waals surface area contributed by atoms with Crippen LogP contribution in [0.3, 0.4) is 0 Å². The molecule has 0 radical (unpaired) electrons. The molecule has 0 aliphatic heterocycles. The molecular formula is C49H93NO5. The Hall–Kier alpha value is -1.66. The molecule has 6 heteroatoms. The predicted octanol–water partition coefficient (Wildman–Crippen LogP) is 14.0. The molecule has 0 aliphatic carbocycles. The van der Waals surface area contributed by atoms with Crippen LogP contribution in [0.5, 0.6) is 0 Å². The lowest BCUT2D eigenvalue weighted by molar-refractivity contribution is -0.151. The number of amides is 1. The fraction of sp³-hybridized carbons (Fsp3) is 0.878. The molecule has 0 aromatic carbocycles. The van der Waals surface area contributed by atoms with E-state index < -0.39 is 18.2 Å². The monoisotopic (exact) mass is 776 g/mol. The Kier molecular flexibility index (Phi) is 42.2. The van der Waals surface area contributed by atoms with E-state index in [9.17, 15) is 19.8 Å². The normalized spacial score (nSPS) is 13.5. The van der Waals surface area contributed by atoms with Gasteiger partial charge in [-0.3, -0.25) is 9.59 Å². The number of unbranched alkanes of at least 4 members (excludes halogenated alkanes) is 28. The highest BCUT2D eigenvalue weighted by atomic mass is 16.5. The summed E-state index contributed by atoms with van der Waals surface area (Å²) in [5.41, 5.74) is 0. The summed E-state index contributed by atoms with van der Waals surface area (Å²) in [6, 6.07) is -0.700. The fourth-order valence-corrected chi connectivity index (χ4v) is 7.36. The van der Waals surface area contributed by atoms with Crippen molar-refractivity contribution in [3.8, 4) is 0 Å². The molecule has 6 nitrogen and oxygen atoms in total. The number of carbonyl (C=O) groups is 2. The molecule has 0 fully saturated rings. The smallest absolute Gasteiger partial charge is 0.306 e. The van der Waals surface area contributed by atoms with Gasteiger partial charge in [-0.1, -0.05) is 212 Å². The molecule has 0 aromatic rings. The van der Waals surface area contributed by atoms with Crippen molar-refractivity contribution in [2.75, 3.05) is 6.61 Å². The van der Waals surface area contributed by atoms with E-state index in [0.717, 1.165) is 64.2 Å². The third-order valence-electron chi connectivity index (χ3n) is 11.1. The van der Waals surface area contributed by atoms with Crippen LogP contribution in [0.15, 0.2) is 24.3 Å². The lowest BCUT2D eigenvalue weighted by Crippen LogP contribution is -2.46. The standard InChI is InChI=1S/C49H93NO5/c1-4-7-10-13-16-19-21-22-23-24-25-27-30-33-36-39-42-49(54)55-45(40-37-34-31-28-18-15-12-9-6-3)43-48(53)50-46(44-51)47(52)41-38-35-32-29-26-20-17-14-11-8-5-2/h23-25,27,45-47,51-52H,4-22,26,28-44H2,1-3H3,(H,50,53)/b24-23+,27-25+. The van der Waals surface area contributed by atoms with Crippen molar-refractivity contribution in [2.24, 2.45) is 0 Å². The van der Waals surface area contributed by atoms with Gasteiger partial charge in [0.2, 0.25) is 5.91 Å². The zero-order chi connectivity index (χ0) is 40.3. The van der Waals surface area contributed by atoms with Crippen molar-refractivity contribution in [2.45, 2.75) is 270 Å². The number of ether oxygens (including phenoxy) is 1. The number of nitrogens with one attached hydrogen (secondary N) is 1. The van der Waals surface area contributed by atoms with E-state index in [1.807, 2.05) is 0 Å². The van der Waals surface area contributed by atoms with Crippen molar-refractivity contribution in [3.63, 3.8) is 0 Å². The molecule has 0 heterocycles. The first-order valence-electron chi connectivity index (χ1n) is 24.1. The largest absolute Gasteiger partial charge is 0.462 e. The quantitative estimate of drug-likeness (QED) is 0.0326. The van der Waals surface area contributed by atoms with Crippen LogP contribution < -0.4 is 5.32 Å². The van der Waals surface area contributed by atoms with Gasteiger partial charge in [0.15, 0.2) is 0 Å². The number of hydrogen-bond donors (Lipinski definition) is 3. The first-order valence-corrected chi connectivity index (χ1v) is 24.1. The Morgan fingerprint density at radius 3 is 1.35 bits per heavy atom. The SMILES string of the molecule is CCCCCCCCC/C=C/C=C/CCCCCC(=O)OC(CCCCCCCCCCC)CC(=O)NC(CO)C(O)CCCCCCCCCCCCC. The predicted molar refractivity (Wildman–Crippen MR) is 236 cm³/mol. The number of carbonyl (C=O) groups excluding carboxylic acids is 2. The number of aliphatic hydroxyl groups excluding tert-OH is 2. The molecule has 3 atom stereocenters. The maximum absolute atomic E-state index is 13.1. The molecular weight excluding hydrogens is 683 g/mol. The van der Waals surface area contributed by atoms with E-state index in [0.29, 0.717) is 19.3 Å². The zero-order valence-corrected chi connectivity index (χ0v) is 36.8. The van der Waals surface area contributed by atoms with Crippen LogP contribution in [0.4, 0.5) is 0 Å². The van der Waals surface area contributed by atoms with Crippen LogP contribution in [0.2, 0.25) is 0 Å². The minimum absolute atomic E-state index is 0.0711. The third kappa shape index (κ3) is 39.0. The second kappa shape index (κ2) is 43.5. The van der Waals surface area contributed by atoms with Crippen LogP contribution in [0.25, 0.3) is 0 Å². The Labute approximate surface area is 341 Å². The van der Waals surface area contributed by atoms with Gasteiger partial charge in [-0.25, -0.2) is 0 Å². The Balaban J connectivity index is 4.53. The maximum Gasteiger partial charge on any atom is 0.306 e. The summed E-state index contributed by atoms with van der Waals surface area (Å²) in [6.45, 7) is 6.45. The summed E-state index contributed by atoms with van der Waals surface area (Å²) < 4.78 is 5.89. The number of allylic oxidation sites excluding steroid dienone is 4. The van der Waals surface area contributed by atoms with E-state index in [2.05, 4.69) is 50.4 Å². The molecule has 0 spiro atoms. The second-order valence-electron chi connectivity index (χ2n) is 16.5. The van der Waals surface area contributed by atoms with Gasteiger partial charge in [0.1, 0.15) is 6.10 Å². The van der Waals surface area contributed by atoms with Gasteiger partial charge >= 0.3 is 5.97 Å². The third-order valence-corrected chi connectivity index (χ3v) is 11.1. The Morgan fingerprint density at radius 2 is 0.909 bits per heavy atom. The highest BCUT2D eigenvalue weighted by molar-refractivity contribution is 5.77. The summed E-state index contributed by atoms with van der Waals surface area (Å²) >= 11 is 0. The molecule has 0 saturated carbocycles. The molecule has 3 unspecified atom stereocenters. The van der Waals surface area contributed by atoms with Gasteiger partial charge in [0.05, 0.1) is 25.2 Å². The molecule has 324 valence electrons. The van der Waals surface area contributed by atoms with Crippen molar-refractivity contribution < 1.29 is 24.5 Å². The van der Waals surface area contributed by atoms with Gasteiger partial charge in [-0.15, -0.1) is 0 Å². The fourth-order valence-electron chi connectivity index (χ4n) is 7.36. The molecule has 0 aromatic heterocycles. The summed E-state index contributed by atoms with van der Waals surface area (Å²) in [6.07, 6.45) is 48.1. The van der Waals surface area contributed by atoms with Crippen molar-refractivity contribution in [3.05, 3.63) is 24.3 Å². The molecule has 0 rings (SSSR count). The van der Waals surface area contributed by atoms with E-state index in [4.69, 9.17) is 4.74 Å². The van der Waals surface area contributed by atoms with Crippen molar-refractivity contribution >= 4 is 11.9 Å². The van der Waals surface area contributed by atoms with Crippen LogP contribution in [0, 0.1) is 0 Å². The topological polar surface area (TPSA) is 95.9 Å². The molecule has 0 aliphatic rings.